The van der Waals surface area contributed by atoms with Gasteiger partial charge in [0.15, 0.2) is 11.5 Å². The Kier molecular flexibility index (Phi) is 6.23. The molecule has 7 heteroatoms. The van der Waals surface area contributed by atoms with E-state index >= 15 is 0 Å². The summed E-state index contributed by atoms with van der Waals surface area (Å²) < 4.78 is 11.4. The maximum absolute atomic E-state index is 13.1. The van der Waals surface area contributed by atoms with Crippen molar-refractivity contribution in [1.82, 2.24) is 9.80 Å². The second-order valence-corrected chi connectivity index (χ2v) is 9.26. The maximum Gasteiger partial charge on any atom is 0.289 e. The number of carbonyl (C=O) groups is 2. The smallest absolute Gasteiger partial charge is 0.289 e. The van der Waals surface area contributed by atoms with Gasteiger partial charge in [0.25, 0.3) is 5.91 Å². The van der Waals surface area contributed by atoms with E-state index in [9.17, 15) is 9.59 Å². The number of piperidine rings is 1. The summed E-state index contributed by atoms with van der Waals surface area (Å²) in [4.78, 5) is 31.8. The predicted molar refractivity (Wildman–Crippen MR) is 119 cm³/mol. The second kappa shape index (κ2) is 8.91. The molecule has 0 radical (unpaired) electrons. The van der Waals surface area contributed by atoms with E-state index in [0.29, 0.717) is 25.6 Å². The zero-order chi connectivity index (χ0) is 22.0. The molecule has 0 aromatic heterocycles. The molecular weight excluding hydrogens is 394 g/mol. The molecule has 168 valence electrons. The fourth-order valence-corrected chi connectivity index (χ4v) is 4.90. The normalized spacial score (nSPS) is 24.4. The number of anilines is 1. The van der Waals surface area contributed by atoms with Crippen molar-refractivity contribution < 1.29 is 19.1 Å². The number of allylic oxidation sites excluding steroid dienone is 1. The van der Waals surface area contributed by atoms with Gasteiger partial charge in [-0.3, -0.25) is 14.5 Å². The molecule has 0 spiro atoms. The lowest BCUT2D eigenvalue weighted by Crippen LogP contribution is -2.56. The third-order valence-electron chi connectivity index (χ3n) is 6.43. The number of ether oxygens (including phenoxy) is 2. The summed E-state index contributed by atoms with van der Waals surface area (Å²) in [7, 11) is 1.71. The van der Waals surface area contributed by atoms with Gasteiger partial charge in [0.2, 0.25) is 0 Å². The average Bonchev–Trinajstić information content (AvgIpc) is 2.77. The van der Waals surface area contributed by atoms with Gasteiger partial charge in [-0.15, -0.1) is 0 Å². The molecule has 0 saturated carbocycles. The molecule has 1 aromatic carbocycles. The zero-order valence-corrected chi connectivity index (χ0v) is 18.8. The number of hydrogen-bond donors (Lipinski definition) is 0. The maximum atomic E-state index is 13.1. The van der Waals surface area contributed by atoms with Crippen LogP contribution < -0.4 is 9.64 Å². The van der Waals surface area contributed by atoms with E-state index in [-0.39, 0.29) is 17.4 Å². The lowest BCUT2D eigenvalue weighted by atomic mass is 9.97. The summed E-state index contributed by atoms with van der Waals surface area (Å²) in [6.07, 6.45) is 3.74. The van der Waals surface area contributed by atoms with Crippen molar-refractivity contribution >= 4 is 17.4 Å². The number of ketones is 1. The molecule has 3 aliphatic heterocycles. The molecule has 2 fully saturated rings. The molecule has 1 aromatic rings. The van der Waals surface area contributed by atoms with E-state index in [0.717, 1.165) is 50.5 Å². The molecule has 3 aliphatic rings. The van der Waals surface area contributed by atoms with Crippen LogP contribution in [0, 0.1) is 0 Å². The predicted octanol–water partition coefficient (Wildman–Crippen LogP) is 2.46. The van der Waals surface area contributed by atoms with Crippen molar-refractivity contribution in [3.63, 3.8) is 0 Å². The first kappa shape index (κ1) is 21.7. The minimum atomic E-state index is -0.624. The molecule has 2 saturated heterocycles. The highest BCUT2D eigenvalue weighted by Crippen LogP contribution is 2.30. The van der Waals surface area contributed by atoms with Gasteiger partial charge in [-0.05, 0) is 38.8 Å². The van der Waals surface area contributed by atoms with Crippen molar-refractivity contribution in [2.75, 3.05) is 51.3 Å². The van der Waals surface area contributed by atoms with Crippen molar-refractivity contribution in [3.05, 3.63) is 36.1 Å². The van der Waals surface area contributed by atoms with E-state index < -0.39 is 5.60 Å². The van der Waals surface area contributed by atoms with Crippen LogP contribution in [0.2, 0.25) is 0 Å². The van der Waals surface area contributed by atoms with Gasteiger partial charge in [0.05, 0.1) is 12.8 Å². The number of methoxy groups -OCH3 is 1. The SMILES string of the molecule is COc1ccccc1N1CCN([C@@H]2CCCN(C(=O)C3=CC(=O)CC(C)(C)O3)C2)CC1. The fraction of sp³-hybridized carbons (Fsp3) is 0.583. The van der Waals surface area contributed by atoms with Gasteiger partial charge in [-0.25, -0.2) is 0 Å². The van der Waals surface area contributed by atoms with Crippen LogP contribution in [-0.4, -0.2) is 79.5 Å². The number of piperazine rings is 1. The largest absolute Gasteiger partial charge is 0.495 e. The Labute approximate surface area is 184 Å². The number of rotatable bonds is 4. The van der Waals surface area contributed by atoms with Crippen molar-refractivity contribution in [2.45, 2.75) is 44.8 Å². The van der Waals surface area contributed by atoms with E-state index in [1.165, 1.54) is 6.08 Å². The number of para-hydroxylation sites is 2. The van der Waals surface area contributed by atoms with Gasteiger partial charge in [-0.2, -0.15) is 0 Å². The summed E-state index contributed by atoms with van der Waals surface area (Å²) >= 11 is 0. The Bertz CT molecular complexity index is 858. The number of benzene rings is 1. The number of amides is 1. The van der Waals surface area contributed by atoms with Crippen LogP contribution in [0.25, 0.3) is 0 Å². The molecule has 3 heterocycles. The Hall–Kier alpha value is -2.54. The fourth-order valence-electron chi connectivity index (χ4n) is 4.90. The van der Waals surface area contributed by atoms with Gasteiger partial charge >= 0.3 is 0 Å². The molecule has 1 atom stereocenters. The summed E-state index contributed by atoms with van der Waals surface area (Å²) in [5.41, 5.74) is 0.514. The van der Waals surface area contributed by atoms with Crippen LogP contribution >= 0.6 is 0 Å². The van der Waals surface area contributed by atoms with Crippen LogP contribution in [0.5, 0.6) is 5.75 Å². The van der Waals surface area contributed by atoms with E-state index in [1.54, 1.807) is 7.11 Å². The molecule has 0 N–H and O–H groups in total. The zero-order valence-electron chi connectivity index (χ0n) is 18.8. The minimum absolute atomic E-state index is 0.0411. The van der Waals surface area contributed by atoms with Crippen LogP contribution in [0.4, 0.5) is 5.69 Å². The van der Waals surface area contributed by atoms with Crippen molar-refractivity contribution in [3.8, 4) is 5.75 Å². The van der Waals surface area contributed by atoms with Gasteiger partial charge in [0, 0.05) is 57.8 Å². The summed E-state index contributed by atoms with van der Waals surface area (Å²) in [6, 6.07) is 8.48. The number of hydrogen-bond acceptors (Lipinski definition) is 6. The molecular formula is C24H33N3O4. The first-order chi connectivity index (χ1) is 14.9. The number of nitrogens with zero attached hydrogens (tertiary/aromatic N) is 3. The number of carbonyl (C=O) groups excluding carboxylic acids is 2. The standard InChI is InChI=1S/C24H33N3O4/c1-24(2)16-19(28)15-22(31-24)23(29)27-10-6-7-18(17-27)25-11-13-26(14-12-25)20-8-4-5-9-21(20)30-3/h4-5,8-9,15,18H,6-7,10-14,16-17H2,1-3H3/t18-/m1/s1. The second-order valence-electron chi connectivity index (χ2n) is 9.26. The van der Waals surface area contributed by atoms with E-state index in [4.69, 9.17) is 9.47 Å². The van der Waals surface area contributed by atoms with Gasteiger partial charge in [0.1, 0.15) is 11.4 Å². The first-order valence-electron chi connectivity index (χ1n) is 11.2. The molecule has 1 amide bonds. The molecule has 31 heavy (non-hydrogen) atoms. The average molecular weight is 428 g/mol. The Morgan fingerprint density at radius 3 is 2.58 bits per heavy atom. The summed E-state index contributed by atoms with van der Waals surface area (Å²) in [6.45, 7) is 8.87. The molecule has 0 aliphatic carbocycles. The van der Waals surface area contributed by atoms with Crippen molar-refractivity contribution in [2.24, 2.45) is 0 Å². The van der Waals surface area contributed by atoms with E-state index in [2.05, 4.69) is 15.9 Å². The third kappa shape index (κ3) is 4.87. The van der Waals surface area contributed by atoms with Crippen LogP contribution in [0.15, 0.2) is 36.1 Å². The quantitative estimate of drug-likeness (QED) is 0.736. The highest BCUT2D eigenvalue weighted by atomic mass is 16.5. The molecule has 4 rings (SSSR count). The molecule has 7 nitrogen and oxygen atoms in total. The topological polar surface area (TPSA) is 62.3 Å². The summed E-state index contributed by atoms with van der Waals surface area (Å²) in [5.74, 6) is 0.908. The molecule has 0 unspecified atom stereocenters. The lowest BCUT2D eigenvalue weighted by molar-refractivity contribution is -0.139. The minimum Gasteiger partial charge on any atom is -0.495 e. The molecule has 0 bridgehead atoms. The highest BCUT2D eigenvalue weighted by Gasteiger charge is 2.36. The highest BCUT2D eigenvalue weighted by molar-refractivity contribution is 6.01. The third-order valence-corrected chi connectivity index (χ3v) is 6.43. The van der Waals surface area contributed by atoms with Crippen LogP contribution in [0.1, 0.15) is 33.1 Å². The van der Waals surface area contributed by atoms with Gasteiger partial charge in [-0.1, -0.05) is 12.1 Å². The Morgan fingerprint density at radius 1 is 1.13 bits per heavy atom. The Balaban J connectivity index is 1.36. The lowest BCUT2D eigenvalue weighted by Gasteiger charge is -2.44. The monoisotopic (exact) mass is 427 g/mol. The van der Waals surface area contributed by atoms with Crippen LogP contribution in [0.3, 0.4) is 0 Å². The van der Waals surface area contributed by atoms with E-state index in [1.807, 2.05) is 36.9 Å². The summed E-state index contributed by atoms with van der Waals surface area (Å²) in [5, 5.41) is 0. The first-order valence-corrected chi connectivity index (χ1v) is 11.2. The number of likely N-dealkylation sites (tertiary alicyclic amines) is 1. The van der Waals surface area contributed by atoms with Crippen molar-refractivity contribution in [1.29, 1.82) is 0 Å². The van der Waals surface area contributed by atoms with Crippen LogP contribution in [-0.2, 0) is 14.3 Å². The Morgan fingerprint density at radius 2 is 1.87 bits per heavy atom. The van der Waals surface area contributed by atoms with Gasteiger partial charge < -0.3 is 19.3 Å².